The maximum atomic E-state index is 11.8. The van der Waals surface area contributed by atoms with Crippen LogP contribution in [0.4, 0.5) is 5.82 Å². The minimum absolute atomic E-state index is 0.101. The Balaban J connectivity index is 2.19. The van der Waals surface area contributed by atoms with Gasteiger partial charge in [-0.05, 0) is 25.8 Å². The van der Waals surface area contributed by atoms with Gasteiger partial charge in [0.2, 0.25) is 0 Å². The average molecular weight is 236 g/mol. The highest BCUT2D eigenvalue weighted by atomic mass is 16.1. The number of nitrogens with zero attached hydrogens (tertiary/aromatic N) is 2. The number of nitrogens with two attached hydrogens (primary N) is 1. The smallest absolute Gasteiger partial charge is 0.290 e. The van der Waals surface area contributed by atoms with Gasteiger partial charge in [-0.2, -0.15) is 0 Å². The average Bonchev–Trinajstić information content (AvgIpc) is 2.85. The van der Waals surface area contributed by atoms with E-state index in [9.17, 15) is 4.79 Å². The standard InChI is InChI=1S/C12H20N4O/c13-6-3-9-16(10-4-1-2-5-10)11-12(17)15-8-7-14-11/h7-8,10H,1-6,9,13H2,(H,15,17). The lowest BCUT2D eigenvalue weighted by Crippen LogP contribution is -2.39. The molecule has 17 heavy (non-hydrogen) atoms. The number of nitrogens with one attached hydrogen (secondary N) is 1. The van der Waals surface area contributed by atoms with Crippen molar-refractivity contribution in [2.45, 2.75) is 38.1 Å². The van der Waals surface area contributed by atoms with Crippen molar-refractivity contribution in [3.63, 3.8) is 0 Å². The second kappa shape index (κ2) is 5.82. The molecule has 0 bridgehead atoms. The zero-order valence-electron chi connectivity index (χ0n) is 10.1. The highest BCUT2D eigenvalue weighted by Gasteiger charge is 2.24. The van der Waals surface area contributed by atoms with Crippen molar-refractivity contribution in [1.29, 1.82) is 0 Å². The predicted octanol–water partition coefficient (Wildman–Crippen LogP) is 0.868. The Labute approximate surface area is 101 Å². The van der Waals surface area contributed by atoms with Crippen LogP contribution in [0.15, 0.2) is 17.2 Å². The lowest BCUT2D eigenvalue weighted by Gasteiger charge is -2.29. The Hall–Kier alpha value is -1.36. The molecule has 0 saturated heterocycles. The molecule has 1 aliphatic carbocycles. The molecule has 0 radical (unpaired) electrons. The molecule has 0 atom stereocenters. The summed E-state index contributed by atoms with van der Waals surface area (Å²) < 4.78 is 0. The summed E-state index contributed by atoms with van der Waals surface area (Å²) >= 11 is 0. The monoisotopic (exact) mass is 236 g/mol. The van der Waals surface area contributed by atoms with Gasteiger partial charge in [0.25, 0.3) is 5.56 Å². The summed E-state index contributed by atoms with van der Waals surface area (Å²) in [7, 11) is 0. The predicted molar refractivity (Wildman–Crippen MR) is 68.1 cm³/mol. The van der Waals surface area contributed by atoms with E-state index in [-0.39, 0.29) is 5.56 Å². The SMILES string of the molecule is NCCCN(c1ncc[nH]c1=O)C1CCCC1. The molecule has 1 aliphatic rings. The summed E-state index contributed by atoms with van der Waals surface area (Å²) in [6.07, 6.45) is 8.90. The van der Waals surface area contributed by atoms with Gasteiger partial charge in [0.15, 0.2) is 5.82 Å². The normalized spacial score (nSPS) is 16.3. The van der Waals surface area contributed by atoms with Gasteiger partial charge in [-0.25, -0.2) is 4.98 Å². The van der Waals surface area contributed by atoms with Crippen LogP contribution in [0.5, 0.6) is 0 Å². The largest absolute Gasteiger partial charge is 0.349 e. The molecule has 1 saturated carbocycles. The van der Waals surface area contributed by atoms with E-state index >= 15 is 0 Å². The summed E-state index contributed by atoms with van der Waals surface area (Å²) in [4.78, 5) is 20.8. The van der Waals surface area contributed by atoms with E-state index in [4.69, 9.17) is 5.73 Å². The molecule has 0 aromatic carbocycles. The van der Waals surface area contributed by atoms with Crippen molar-refractivity contribution >= 4 is 5.82 Å². The highest BCUT2D eigenvalue weighted by Crippen LogP contribution is 2.25. The van der Waals surface area contributed by atoms with Crippen molar-refractivity contribution < 1.29 is 0 Å². The van der Waals surface area contributed by atoms with Gasteiger partial charge in [-0.1, -0.05) is 12.8 Å². The fraction of sp³-hybridized carbons (Fsp3) is 0.667. The van der Waals surface area contributed by atoms with Gasteiger partial charge in [0.1, 0.15) is 0 Å². The molecule has 1 heterocycles. The maximum Gasteiger partial charge on any atom is 0.290 e. The van der Waals surface area contributed by atoms with Crippen LogP contribution in [0.25, 0.3) is 0 Å². The minimum Gasteiger partial charge on any atom is -0.349 e. The van der Waals surface area contributed by atoms with E-state index in [1.807, 2.05) is 0 Å². The van der Waals surface area contributed by atoms with Crippen LogP contribution in [-0.4, -0.2) is 29.1 Å². The molecule has 1 aromatic heterocycles. The van der Waals surface area contributed by atoms with Gasteiger partial charge in [0, 0.05) is 25.0 Å². The number of rotatable bonds is 5. The Morgan fingerprint density at radius 3 is 2.88 bits per heavy atom. The van der Waals surface area contributed by atoms with Crippen molar-refractivity contribution in [1.82, 2.24) is 9.97 Å². The molecule has 3 N–H and O–H groups in total. The van der Waals surface area contributed by atoms with Crippen LogP contribution in [0.2, 0.25) is 0 Å². The first-order chi connectivity index (χ1) is 8.33. The Morgan fingerprint density at radius 2 is 2.24 bits per heavy atom. The fourth-order valence-corrected chi connectivity index (χ4v) is 2.49. The summed E-state index contributed by atoms with van der Waals surface area (Å²) in [6, 6.07) is 0.456. The number of anilines is 1. The number of H-pyrrole nitrogens is 1. The number of aromatic nitrogens is 2. The van der Waals surface area contributed by atoms with Gasteiger partial charge < -0.3 is 15.6 Å². The molecule has 94 valence electrons. The third-order valence-corrected chi connectivity index (χ3v) is 3.33. The summed E-state index contributed by atoms with van der Waals surface area (Å²) in [5.41, 5.74) is 5.46. The first-order valence-corrected chi connectivity index (χ1v) is 6.33. The third-order valence-electron chi connectivity index (χ3n) is 3.33. The van der Waals surface area contributed by atoms with Crippen molar-refractivity contribution in [2.75, 3.05) is 18.0 Å². The molecular weight excluding hydrogens is 216 g/mol. The van der Waals surface area contributed by atoms with Gasteiger partial charge in [-0.15, -0.1) is 0 Å². The summed E-state index contributed by atoms with van der Waals surface area (Å²) in [6.45, 7) is 1.47. The molecule has 0 spiro atoms. The van der Waals surface area contributed by atoms with Gasteiger partial charge >= 0.3 is 0 Å². The maximum absolute atomic E-state index is 11.8. The minimum atomic E-state index is -0.101. The quantitative estimate of drug-likeness (QED) is 0.795. The molecule has 5 nitrogen and oxygen atoms in total. The zero-order chi connectivity index (χ0) is 12.1. The van der Waals surface area contributed by atoms with Gasteiger partial charge in [0.05, 0.1) is 0 Å². The fourth-order valence-electron chi connectivity index (χ4n) is 2.49. The lowest BCUT2D eigenvalue weighted by molar-refractivity contribution is 0.584. The van der Waals surface area contributed by atoms with E-state index in [1.165, 1.54) is 12.8 Å². The molecular formula is C12H20N4O. The molecule has 1 fully saturated rings. The first-order valence-electron chi connectivity index (χ1n) is 6.33. The topological polar surface area (TPSA) is 75.0 Å². The van der Waals surface area contributed by atoms with E-state index < -0.39 is 0 Å². The molecule has 5 heteroatoms. The van der Waals surface area contributed by atoms with E-state index in [2.05, 4.69) is 14.9 Å². The number of hydrogen-bond donors (Lipinski definition) is 2. The van der Waals surface area contributed by atoms with Crippen molar-refractivity contribution in [3.05, 3.63) is 22.7 Å². The Bertz CT molecular complexity index is 397. The number of aromatic amines is 1. The van der Waals surface area contributed by atoms with Crippen LogP contribution in [0, 0.1) is 0 Å². The molecule has 0 unspecified atom stereocenters. The highest BCUT2D eigenvalue weighted by molar-refractivity contribution is 5.37. The van der Waals surface area contributed by atoms with Crippen molar-refractivity contribution in [3.8, 4) is 0 Å². The van der Waals surface area contributed by atoms with Crippen LogP contribution < -0.4 is 16.2 Å². The van der Waals surface area contributed by atoms with E-state index in [0.717, 1.165) is 25.8 Å². The van der Waals surface area contributed by atoms with Crippen LogP contribution in [0.3, 0.4) is 0 Å². The van der Waals surface area contributed by atoms with Gasteiger partial charge in [-0.3, -0.25) is 4.79 Å². The van der Waals surface area contributed by atoms with Crippen LogP contribution in [0.1, 0.15) is 32.1 Å². The van der Waals surface area contributed by atoms with Crippen LogP contribution >= 0.6 is 0 Å². The summed E-state index contributed by atoms with van der Waals surface area (Å²) in [5.74, 6) is 0.549. The molecule has 2 rings (SSSR count). The second-order valence-corrected chi connectivity index (χ2v) is 4.52. The molecule has 1 aromatic rings. The second-order valence-electron chi connectivity index (χ2n) is 4.52. The van der Waals surface area contributed by atoms with E-state index in [1.54, 1.807) is 12.4 Å². The lowest BCUT2D eigenvalue weighted by atomic mass is 10.2. The zero-order valence-corrected chi connectivity index (χ0v) is 10.1. The Kier molecular flexibility index (Phi) is 4.14. The van der Waals surface area contributed by atoms with E-state index in [0.29, 0.717) is 18.4 Å². The molecule has 0 aliphatic heterocycles. The summed E-state index contributed by atoms with van der Waals surface area (Å²) in [5, 5.41) is 0. The molecule has 0 amide bonds. The third kappa shape index (κ3) is 2.85. The van der Waals surface area contributed by atoms with Crippen molar-refractivity contribution in [2.24, 2.45) is 5.73 Å². The number of hydrogen-bond acceptors (Lipinski definition) is 4. The first kappa shape index (κ1) is 12.1. The Morgan fingerprint density at radius 1 is 1.47 bits per heavy atom. The van der Waals surface area contributed by atoms with Crippen LogP contribution in [-0.2, 0) is 0 Å².